The molecule has 0 radical (unpaired) electrons. The Bertz CT molecular complexity index is 232. The molecule has 12 heavy (non-hydrogen) atoms. The van der Waals surface area contributed by atoms with Crippen molar-refractivity contribution in [1.82, 2.24) is 0 Å². The molecule has 0 aliphatic heterocycles. The average Bonchev–Trinajstić information content (AvgIpc) is 2.03. The van der Waals surface area contributed by atoms with Crippen LogP contribution in [0.25, 0.3) is 0 Å². The SMILES string of the molecule is O.O=C(O)COc1ccccc1. The normalized spacial score (nSPS) is 8.33. The summed E-state index contributed by atoms with van der Waals surface area (Å²) in [6, 6.07) is 8.84. The molecule has 1 aromatic rings. The summed E-state index contributed by atoms with van der Waals surface area (Å²) < 4.78 is 4.87. The summed E-state index contributed by atoms with van der Waals surface area (Å²) in [5.74, 6) is -0.385. The number of carboxylic acid groups (broad SMARTS) is 1. The first kappa shape index (κ1) is 10.4. The topological polar surface area (TPSA) is 78.0 Å². The van der Waals surface area contributed by atoms with Gasteiger partial charge in [0.15, 0.2) is 6.61 Å². The number of hydrogen-bond acceptors (Lipinski definition) is 2. The number of aliphatic carboxylic acids is 1. The highest BCUT2D eigenvalue weighted by atomic mass is 16.5. The lowest BCUT2D eigenvalue weighted by Crippen LogP contribution is -2.09. The Labute approximate surface area is 69.7 Å². The number of carboxylic acids is 1. The van der Waals surface area contributed by atoms with Crippen LogP contribution in [0.3, 0.4) is 0 Å². The third-order valence-corrected chi connectivity index (χ3v) is 1.11. The van der Waals surface area contributed by atoms with Crippen molar-refractivity contribution in [2.24, 2.45) is 0 Å². The van der Waals surface area contributed by atoms with Gasteiger partial charge in [-0.05, 0) is 12.1 Å². The summed E-state index contributed by atoms with van der Waals surface area (Å²) in [6.45, 7) is -0.288. The van der Waals surface area contributed by atoms with Crippen LogP contribution >= 0.6 is 0 Å². The fraction of sp³-hybridized carbons (Fsp3) is 0.125. The van der Waals surface area contributed by atoms with Crippen LogP contribution in [0.2, 0.25) is 0 Å². The van der Waals surface area contributed by atoms with E-state index < -0.39 is 5.97 Å². The Balaban J connectivity index is 0.00000121. The first-order chi connectivity index (χ1) is 5.29. The zero-order valence-electron chi connectivity index (χ0n) is 6.36. The van der Waals surface area contributed by atoms with E-state index in [1.165, 1.54) is 0 Å². The van der Waals surface area contributed by atoms with E-state index >= 15 is 0 Å². The molecule has 0 saturated carbocycles. The third-order valence-electron chi connectivity index (χ3n) is 1.11. The lowest BCUT2D eigenvalue weighted by Gasteiger charge is -2.00. The predicted molar refractivity (Wildman–Crippen MR) is 43.2 cm³/mol. The molecule has 0 aliphatic rings. The van der Waals surface area contributed by atoms with Gasteiger partial charge in [0.1, 0.15) is 5.75 Å². The van der Waals surface area contributed by atoms with Crippen LogP contribution in [-0.4, -0.2) is 23.2 Å². The van der Waals surface area contributed by atoms with E-state index in [9.17, 15) is 4.79 Å². The van der Waals surface area contributed by atoms with Gasteiger partial charge < -0.3 is 15.3 Å². The molecule has 4 nitrogen and oxygen atoms in total. The number of rotatable bonds is 3. The van der Waals surface area contributed by atoms with E-state index in [1.807, 2.05) is 6.07 Å². The molecule has 0 amide bonds. The number of carbonyl (C=O) groups is 1. The van der Waals surface area contributed by atoms with Crippen molar-refractivity contribution in [2.45, 2.75) is 0 Å². The molecule has 0 unspecified atom stereocenters. The standard InChI is InChI=1S/C8H8O3.H2O/c9-8(10)6-11-7-4-2-1-3-5-7;/h1-5H,6H2,(H,9,10);1H2. The lowest BCUT2D eigenvalue weighted by atomic mass is 10.3. The number of benzene rings is 1. The fourth-order valence-corrected chi connectivity index (χ4v) is 0.662. The zero-order chi connectivity index (χ0) is 8.10. The molecule has 0 fully saturated rings. The van der Waals surface area contributed by atoms with E-state index in [2.05, 4.69) is 0 Å². The monoisotopic (exact) mass is 170 g/mol. The van der Waals surface area contributed by atoms with Gasteiger partial charge in [-0.3, -0.25) is 0 Å². The summed E-state index contributed by atoms with van der Waals surface area (Å²) in [4.78, 5) is 10.0. The first-order valence-electron chi connectivity index (χ1n) is 3.18. The van der Waals surface area contributed by atoms with Crippen molar-refractivity contribution in [3.8, 4) is 5.75 Å². The summed E-state index contributed by atoms with van der Waals surface area (Å²) >= 11 is 0. The van der Waals surface area contributed by atoms with Crippen LogP contribution in [0, 0.1) is 0 Å². The molecule has 66 valence electrons. The van der Waals surface area contributed by atoms with Crippen molar-refractivity contribution >= 4 is 5.97 Å². The van der Waals surface area contributed by atoms with E-state index in [0.29, 0.717) is 5.75 Å². The predicted octanol–water partition coefficient (Wildman–Crippen LogP) is 0.325. The lowest BCUT2D eigenvalue weighted by molar-refractivity contribution is -0.139. The molecule has 1 aromatic carbocycles. The van der Waals surface area contributed by atoms with Crippen LogP contribution in [-0.2, 0) is 4.79 Å². The second-order valence-corrected chi connectivity index (χ2v) is 2.00. The molecule has 0 heterocycles. The van der Waals surface area contributed by atoms with Gasteiger partial charge in [-0.15, -0.1) is 0 Å². The van der Waals surface area contributed by atoms with E-state index in [4.69, 9.17) is 9.84 Å². The zero-order valence-corrected chi connectivity index (χ0v) is 6.36. The van der Waals surface area contributed by atoms with Gasteiger partial charge in [-0.2, -0.15) is 0 Å². The Hall–Kier alpha value is -1.55. The highest BCUT2D eigenvalue weighted by Gasteiger charge is 1.96. The quantitative estimate of drug-likeness (QED) is 0.709. The summed E-state index contributed by atoms with van der Waals surface area (Å²) in [7, 11) is 0. The minimum atomic E-state index is -0.964. The molecule has 3 N–H and O–H groups in total. The molecule has 0 aromatic heterocycles. The van der Waals surface area contributed by atoms with Crippen LogP contribution in [0.1, 0.15) is 0 Å². The molecular formula is C8H10O4. The van der Waals surface area contributed by atoms with Gasteiger partial charge in [0.25, 0.3) is 0 Å². The van der Waals surface area contributed by atoms with Crippen molar-refractivity contribution in [1.29, 1.82) is 0 Å². The van der Waals surface area contributed by atoms with Crippen LogP contribution in [0.5, 0.6) is 5.75 Å². The summed E-state index contributed by atoms with van der Waals surface area (Å²) in [6.07, 6.45) is 0. The van der Waals surface area contributed by atoms with Gasteiger partial charge >= 0.3 is 5.97 Å². The van der Waals surface area contributed by atoms with Crippen LogP contribution < -0.4 is 4.74 Å². The number of ether oxygens (including phenoxy) is 1. The second-order valence-electron chi connectivity index (χ2n) is 2.00. The van der Waals surface area contributed by atoms with Gasteiger partial charge in [0, 0.05) is 0 Å². The van der Waals surface area contributed by atoms with Gasteiger partial charge in [-0.1, -0.05) is 18.2 Å². The fourth-order valence-electron chi connectivity index (χ4n) is 0.662. The summed E-state index contributed by atoms with van der Waals surface area (Å²) in [5.41, 5.74) is 0. The van der Waals surface area contributed by atoms with Crippen molar-refractivity contribution in [3.63, 3.8) is 0 Å². The molecule has 0 aliphatic carbocycles. The van der Waals surface area contributed by atoms with Gasteiger partial charge in [0.05, 0.1) is 0 Å². The Morgan fingerprint density at radius 3 is 2.42 bits per heavy atom. The Kier molecular flexibility index (Phi) is 4.48. The van der Waals surface area contributed by atoms with Crippen LogP contribution in [0.4, 0.5) is 0 Å². The molecule has 4 heteroatoms. The average molecular weight is 170 g/mol. The second kappa shape index (κ2) is 5.15. The molecule has 0 spiro atoms. The van der Waals surface area contributed by atoms with E-state index in [1.54, 1.807) is 24.3 Å². The smallest absolute Gasteiger partial charge is 0.341 e. The highest BCUT2D eigenvalue weighted by Crippen LogP contribution is 2.07. The first-order valence-corrected chi connectivity index (χ1v) is 3.18. The number of para-hydroxylation sites is 1. The van der Waals surface area contributed by atoms with Crippen molar-refractivity contribution in [2.75, 3.05) is 6.61 Å². The minimum Gasteiger partial charge on any atom is -0.482 e. The highest BCUT2D eigenvalue weighted by molar-refractivity contribution is 5.68. The molecule has 1 rings (SSSR count). The Morgan fingerprint density at radius 2 is 1.92 bits per heavy atom. The van der Waals surface area contributed by atoms with Gasteiger partial charge in [-0.25, -0.2) is 4.79 Å². The van der Waals surface area contributed by atoms with Crippen LogP contribution in [0.15, 0.2) is 30.3 Å². The molecule has 0 bridgehead atoms. The van der Waals surface area contributed by atoms with Gasteiger partial charge in [0.2, 0.25) is 0 Å². The maximum atomic E-state index is 10.0. The minimum absolute atomic E-state index is 0. The third kappa shape index (κ3) is 3.58. The Morgan fingerprint density at radius 1 is 1.33 bits per heavy atom. The number of hydrogen-bond donors (Lipinski definition) is 1. The molecule has 0 atom stereocenters. The molecular weight excluding hydrogens is 160 g/mol. The maximum Gasteiger partial charge on any atom is 0.341 e. The van der Waals surface area contributed by atoms with Crippen molar-refractivity contribution in [3.05, 3.63) is 30.3 Å². The summed E-state index contributed by atoms with van der Waals surface area (Å²) in [5, 5.41) is 8.25. The van der Waals surface area contributed by atoms with E-state index in [0.717, 1.165) is 0 Å². The molecule has 0 saturated heterocycles. The van der Waals surface area contributed by atoms with Crippen molar-refractivity contribution < 1.29 is 20.1 Å². The largest absolute Gasteiger partial charge is 0.482 e. The maximum absolute atomic E-state index is 10.0. The van der Waals surface area contributed by atoms with E-state index in [-0.39, 0.29) is 12.1 Å².